The van der Waals surface area contributed by atoms with Crippen LogP contribution in [0.15, 0.2) is 59.7 Å². The van der Waals surface area contributed by atoms with E-state index in [1.165, 1.54) is 18.2 Å². The van der Waals surface area contributed by atoms with Gasteiger partial charge in [-0.3, -0.25) is 20.0 Å². The number of nitrogens with one attached hydrogen (secondary N) is 2. The van der Waals surface area contributed by atoms with Crippen molar-refractivity contribution in [3.63, 3.8) is 0 Å². The van der Waals surface area contributed by atoms with Gasteiger partial charge in [0.2, 0.25) is 0 Å². The zero-order chi connectivity index (χ0) is 20.1. The minimum Gasteiger partial charge on any atom is -0.497 e. The van der Waals surface area contributed by atoms with E-state index in [2.05, 4.69) is 20.7 Å². The number of hydrazone groups is 1. The summed E-state index contributed by atoms with van der Waals surface area (Å²) in [6.07, 6.45) is 0. The van der Waals surface area contributed by atoms with Crippen LogP contribution in [0.1, 0.15) is 23.0 Å². The molecule has 9 nitrogen and oxygen atoms in total. The summed E-state index contributed by atoms with van der Waals surface area (Å²) in [7, 11) is 1.59. The zero-order valence-electron chi connectivity index (χ0n) is 15.2. The number of aromatic amines is 1. The molecule has 0 bridgehead atoms. The maximum absolute atomic E-state index is 12.3. The van der Waals surface area contributed by atoms with Crippen molar-refractivity contribution in [1.82, 2.24) is 15.6 Å². The number of methoxy groups -OCH3 is 1. The predicted molar refractivity (Wildman–Crippen MR) is 103 cm³/mol. The van der Waals surface area contributed by atoms with Gasteiger partial charge in [0, 0.05) is 17.7 Å². The van der Waals surface area contributed by atoms with Crippen LogP contribution in [0.5, 0.6) is 5.75 Å². The van der Waals surface area contributed by atoms with Crippen molar-refractivity contribution in [3.05, 3.63) is 76.0 Å². The van der Waals surface area contributed by atoms with Crippen molar-refractivity contribution in [2.24, 2.45) is 5.10 Å². The average molecular weight is 379 g/mol. The number of benzene rings is 2. The van der Waals surface area contributed by atoms with Crippen molar-refractivity contribution in [2.45, 2.75) is 6.92 Å². The highest BCUT2D eigenvalue weighted by Crippen LogP contribution is 2.22. The molecule has 3 aromatic rings. The molecule has 142 valence electrons. The average Bonchev–Trinajstić information content (AvgIpc) is 3.22. The molecule has 1 amide bonds. The molecule has 0 aliphatic carbocycles. The molecule has 0 radical (unpaired) electrons. The second-order valence-electron chi connectivity index (χ2n) is 5.84. The lowest BCUT2D eigenvalue weighted by Crippen LogP contribution is -2.19. The van der Waals surface area contributed by atoms with E-state index in [9.17, 15) is 14.9 Å². The molecule has 9 heteroatoms. The molecule has 0 fully saturated rings. The van der Waals surface area contributed by atoms with Gasteiger partial charge in [-0.25, -0.2) is 5.43 Å². The van der Waals surface area contributed by atoms with Gasteiger partial charge in [-0.2, -0.15) is 10.2 Å². The standard InChI is InChI=1S/C19H17N5O4/c1-12(13-6-8-16(28-2)9-7-13)20-23-19(25)18-11-17(21-22-18)14-4-3-5-15(10-14)24(26)27/h3-11H,1-2H3,(H,21,22)(H,23,25). The minimum absolute atomic E-state index is 0.0498. The van der Waals surface area contributed by atoms with E-state index in [4.69, 9.17) is 4.74 Å². The minimum atomic E-state index is -0.486. The normalized spacial score (nSPS) is 11.1. The number of carbonyl (C=O) groups is 1. The van der Waals surface area contributed by atoms with Gasteiger partial charge in [-0.05, 0) is 42.8 Å². The first kappa shape index (κ1) is 18.8. The van der Waals surface area contributed by atoms with Crippen LogP contribution in [0.2, 0.25) is 0 Å². The molecule has 2 N–H and O–H groups in total. The Kier molecular flexibility index (Phi) is 5.45. The van der Waals surface area contributed by atoms with Crippen molar-refractivity contribution in [3.8, 4) is 17.0 Å². The van der Waals surface area contributed by atoms with E-state index in [1.807, 2.05) is 12.1 Å². The smallest absolute Gasteiger partial charge is 0.289 e. The van der Waals surface area contributed by atoms with Crippen LogP contribution in [0, 0.1) is 10.1 Å². The summed E-state index contributed by atoms with van der Waals surface area (Å²) in [5.41, 5.74) is 5.00. The number of hydrogen-bond donors (Lipinski definition) is 2. The highest BCUT2D eigenvalue weighted by atomic mass is 16.6. The van der Waals surface area contributed by atoms with Crippen molar-refractivity contribution >= 4 is 17.3 Å². The number of nitro groups is 1. The quantitative estimate of drug-likeness (QED) is 0.387. The monoisotopic (exact) mass is 379 g/mol. The SMILES string of the molecule is COc1ccc(C(C)=NNC(=O)c2cc(-c3cccc([N+](=O)[O-])c3)n[nH]2)cc1. The van der Waals surface area contributed by atoms with Crippen molar-refractivity contribution < 1.29 is 14.5 Å². The molecule has 1 heterocycles. The number of carbonyl (C=O) groups excluding carboxylic acids is 1. The van der Waals surface area contributed by atoms with Gasteiger partial charge in [-0.15, -0.1) is 0 Å². The van der Waals surface area contributed by atoms with Crippen LogP contribution < -0.4 is 10.2 Å². The molecule has 1 aromatic heterocycles. The van der Waals surface area contributed by atoms with E-state index in [0.717, 1.165) is 11.3 Å². The van der Waals surface area contributed by atoms with Gasteiger partial charge < -0.3 is 4.74 Å². The number of rotatable bonds is 6. The zero-order valence-corrected chi connectivity index (χ0v) is 15.2. The Morgan fingerprint density at radius 3 is 2.64 bits per heavy atom. The number of nitro benzene ring substituents is 1. The molecule has 0 aliphatic rings. The first-order valence-electron chi connectivity index (χ1n) is 8.27. The highest BCUT2D eigenvalue weighted by Gasteiger charge is 2.13. The molecule has 3 rings (SSSR count). The lowest BCUT2D eigenvalue weighted by molar-refractivity contribution is -0.384. The van der Waals surface area contributed by atoms with Crippen LogP contribution in [0.25, 0.3) is 11.3 Å². The Morgan fingerprint density at radius 2 is 1.96 bits per heavy atom. The van der Waals surface area contributed by atoms with Gasteiger partial charge in [-0.1, -0.05) is 12.1 Å². The van der Waals surface area contributed by atoms with Crippen LogP contribution in [-0.4, -0.2) is 33.8 Å². The van der Waals surface area contributed by atoms with E-state index >= 15 is 0 Å². The Hall–Kier alpha value is -4.01. The third-order valence-electron chi connectivity index (χ3n) is 4.01. The molecule has 0 saturated heterocycles. The summed E-state index contributed by atoms with van der Waals surface area (Å²) in [5.74, 6) is 0.253. The maximum atomic E-state index is 12.3. The first-order chi connectivity index (χ1) is 13.5. The second-order valence-corrected chi connectivity index (χ2v) is 5.84. The molecule has 0 atom stereocenters. The van der Waals surface area contributed by atoms with Crippen LogP contribution in [0.3, 0.4) is 0 Å². The molecule has 28 heavy (non-hydrogen) atoms. The van der Waals surface area contributed by atoms with Gasteiger partial charge in [0.25, 0.3) is 11.6 Å². The molecule has 0 spiro atoms. The lowest BCUT2D eigenvalue weighted by Gasteiger charge is -2.03. The summed E-state index contributed by atoms with van der Waals surface area (Å²) in [6.45, 7) is 1.77. The molecular weight excluding hydrogens is 362 g/mol. The van der Waals surface area contributed by atoms with Gasteiger partial charge in [0.05, 0.1) is 23.4 Å². The van der Waals surface area contributed by atoms with E-state index in [1.54, 1.807) is 38.3 Å². The number of H-pyrrole nitrogens is 1. The number of hydrogen-bond acceptors (Lipinski definition) is 6. The van der Waals surface area contributed by atoms with Crippen molar-refractivity contribution in [1.29, 1.82) is 0 Å². The lowest BCUT2D eigenvalue weighted by atomic mass is 10.1. The largest absolute Gasteiger partial charge is 0.497 e. The Morgan fingerprint density at radius 1 is 1.21 bits per heavy atom. The van der Waals surface area contributed by atoms with Gasteiger partial charge >= 0.3 is 0 Å². The molecule has 2 aromatic carbocycles. The van der Waals surface area contributed by atoms with Crippen LogP contribution >= 0.6 is 0 Å². The second kappa shape index (κ2) is 8.12. The van der Waals surface area contributed by atoms with E-state index in [-0.39, 0.29) is 11.4 Å². The summed E-state index contributed by atoms with van der Waals surface area (Å²) in [4.78, 5) is 22.7. The fourth-order valence-electron chi connectivity index (χ4n) is 2.46. The maximum Gasteiger partial charge on any atom is 0.289 e. The number of amides is 1. The van der Waals surface area contributed by atoms with Gasteiger partial charge in [0.1, 0.15) is 11.4 Å². The number of ether oxygens (including phenoxy) is 1. The van der Waals surface area contributed by atoms with Crippen LogP contribution in [0.4, 0.5) is 5.69 Å². The third-order valence-corrected chi connectivity index (χ3v) is 4.01. The number of non-ortho nitro benzene ring substituents is 1. The fraction of sp³-hybridized carbons (Fsp3) is 0.105. The molecule has 0 aliphatic heterocycles. The Bertz CT molecular complexity index is 1040. The summed E-state index contributed by atoms with van der Waals surface area (Å²) < 4.78 is 5.11. The molecular formula is C19H17N5O4. The Balaban J connectivity index is 1.71. The summed E-state index contributed by atoms with van der Waals surface area (Å²) in [6, 6.07) is 14.8. The van der Waals surface area contributed by atoms with E-state index in [0.29, 0.717) is 17.0 Å². The molecule has 0 saturated carbocycles. The summed E-state index contributed by atoms with van der Waals surface area (Å²) >= 11 is 0. The Labute approximate surface area is 160 Å². The predicted octanol–water partition coefficient (Wildman–Crippen LogP) is 3.15. The first-order valence-corrected chi connectivity index (χ1v) is 8.27. The highest BCUT2D eigenvalue weighted by molar-refractivity contribution is 6.00. The number of nitrogens with zero attached hydrogens (tertiary/aromatic N) is 3. The topological polar surface area (TPSA) is 123 Å². The fourth-order valence-corrected chi connectivity index (χ4v) is 2.46. The number of aromatic nitrogens is 2. The third kappa shape index (κ3) is 4.21. The van der Waals surface area contributed by atoms with Crippen molar-refractivity contribution in [2.75, 3.05) is 7.11 Å². The van der Waals surface area contributed by atoms with Crippen LogP contribution in [-0.2, 0) is 0 Å². The van der Waals surface area contributed by atoms with Gasteiger partial charge in [0.15, 0.2) is 0 Å². The summed E-state index contributed by atoms with van der Waals surface area (Å²) in [5, 5.41) is 21.6. The van der Waals surface area contributed by atoms with E-state index < -0.39 is 10.8 Å². The molecule has 0 unspecified atom stereocenters.